The zero-order valence-electron chi connectivity index (χ0n) is 11.5. The predicted octanol–water partition coefficient (Wildman–Crippen LogP) is 2.70. The maximum Gasteiger partial charge on any atom is 0.310 e. The van der Waals surface area contributed by atoms with Gasteiger partial charge in [-0.2, -0.15) is 5.10 Å². The maximum absolute atomic E-state index is 10.9. The Balaban J connectivity index is 2.57. The first kappa shape index (κ1) is 13.9. The Kier molecular flexibility index (Phi) is 3.60. The summed E-state index contributed by atoms with van der Waals surface area (Å²) in [5, 5.41) is 17.8. The third kappa shape index (κ3) is 2.29. The Bertz CT molecular complexity index is 649. The van der Waals surface area contributed by atoms with Crippen LogP contribution in [0.3, 0.4) is 0 Å². The number of hydrogen-bond acceptors (Lipinski definition) is 5. The van der Waals surface area contributed by atoms with Gasteiger partial charge in [0.05, 0.1) is 17.7 Å². The van der Waals surface area contributed by atoms with Crippen molar-refractivity contribution in [3.8, 4) is 17.0 Å². The summed E-state index contributed by atoms with van der Waals surface area (Å²) < 4.78 is 5.07. The quantitative estimate of drug-likeness (QED) is 0.659. The van der Waals surface area contributed by atoms with E-state index < -0.39 is 4.92 Å². The molecule has 0 aliphatic heterocycles. The van der Waals surface area contributed by atoms with Crippen molar-refractivity contribution < 1.29 is 9.66 Å². The molecule has 1 heterocycles. The van der Waals surface area contributed by atoms with Crippen molar-refractivity contribution >= 4 is 11.5 Å². The van der Waals surface area contributed by atoms with Crippen LogP contribution in [0.15, 0.2) is 18.2 Å². The third-order valence-electron chi connectivity index (χ3n) is 3.08. The summed E-state index contributed by atoms with van der Waals surface area (Å²) in [6.07, 6.45) is 0. The summed E-state index contributed by atoms with van der Waals surface area (Å²) in [4.78, 5) is 10.4. The fourth-order valence-corrected chi connectivity index (χ4v) is 2.15. The van der Waals surface area contributed by atoms with Gasteiger partial charge >= 0.3 is 5.69 Å². The molecule has 0 unspecified atom stereocenters. The molecular formula is C13H16N4O3. The van der Waals surface area contributed by atoms with Gasteiger partial charge in [0.25, 0.3) is 0 Å². The molecular weight excluding hydrogens is 260 g/mol. The van der Waals surface area contributed by atoms with E-state index in [0.29, 0.717) is 5.82 Å². The molecule has 106 valence electrons. The van der Waals surface area contributed by atoms with E-state index in [1.165, 1.54) is 13.2 Å². The highest BCUT2D eigenvalue weighted by Crippen LogP contribution is 2.36. The average molecular weight is 276 g/mol. The molecule has 0 atom stereocenters. The van der Waals surface area contributed by atoms with Crippen LogP contribution in [0, 0.1) is 10.1 Å². The van der Waals surface area contributed by atoms with Gasteiger partial charge < -0.3 is 10.5 Å². The van der Waals surface area contributed by atoms with Gasteiger partial charge in [0.15, 0.2) is 5.75 Å². The number of nitro groups is 1. The molecule has 0 spiro atoms. The van der Waals surface area contributed by atoms with Gasteiger partial charge in [-0.05, 0) is 18.1 Å². The summed E-state index contributed by atoms with van der Waals surface area (Å²) in [6, 6.07) is 4.67. The second kappa shape index (κ2) is 5.20. The van der Waals surface area contributed by atoms with E-state index in [0.717, 1.165) is 16.8 Å². The minimum absolute atomic E-state index is 0.0742. The van der Waals surface area contributed by atoms with Gasteiger partial charge in [0.1, 0.15) is 5.82 Å². The molecule has 7 heteroatoms. The van der Waals surface area contributed by atoms with E-state index in [2.05, 4.69) is 10.2 Å². The lowest BCUT2D eigenvalue weighted by Crippen LogP contribution is -1.97. The Morgan fingerprint density at radius 3 is 2.70 bits per heavy atom. The van der Waals surface area contributed by atoms with Gasteiger partial charge in [-0.25, -0.2) is 0 Å². The van der Waals surface area contributed by atoms with Crippen molar-refractivity contribution in [3.63, 3.8) is 0 Å². The second-order valence-electron chi connectivity index (χ2n) is 4.70. The number of nitro benzene ring substituents is 1. The smallest absolute Gasteiger partial charge is 0.310 e. The van der Waals surface area contributed by atoms with Gasteiger partial charge in [-0.1, -0.05) is 13.8 Å². The number of nitrogen functional groups attached to an aromatic ring is 1. The summed E-state index contributed by atoms with van der Waals surface area (Å²) in [5.41, 5.74) is 8.17. The molecule has 0 radical (unpaired) electrons. The van der Waals surface area contributed by atoms with Crippen molar-refractivity contribution in [2.45, 2.75) is 19.8 Å². The molecule has 0 amide bonds. The number of aromatic amines is 1. The Morgan fingerprint density at radius 2 is 2.15 bits per heavy atom. The van der Waals surface area contributed by atoms with Crippen LogP contribution in [0.1, 0.15) is 25.3 Å². The highest BCUT2D eigenvalue weighted by Gasteiger charge is 2.20. The molecule has 20 heavy (non-hydrogen) atoms. The third-order valence-corrected chi connectivity index (χ3v) is 3.08. The van der Waals surface area contributed by atoms with E-state index in [9.17, 15) is 10.1 Å². The van der Waals surface area contributed by atoms with Crippen LogP contribution in [-0.4, -0.2) is 22.2 Å². The minimum Gasteiger partial charge on any atom is -0.490 e. The molecule has 0 aliphatic rings. The molecule has 0 fully saturated rings. The van der Waals surface area contributed by atoms with Crippen LogP contribution in [0.2, 0.25) is 0 Å². The average Bonchev–Trinajstić information content (AvgIpc) is 2.79. The van der Waals surface area contributed by atoms with Crippen molar-refractivity contribution in [1.29, 1.82) is 0 Å². The minimum atomic E-state index is -0.479. The van der Waals surface area contributed by atoms with Crippen molar-refractivity contribution in [2.24, 2.45) is 0 Å². The molecule has 0 saturated heterocycles. The number of H-pyrrole nitrogens is 1. The first-order chi connectivity index (χ1) is 9.45. The first-order valence-electron chi connectivity index (χ1n) is 6.12. The number of rotatable bonds is 4. The van der Waals surface area contributed by atoms with Crippen molar-refractivity contribution in [3.05, 3.63) is 33.9 Å². The van der Waals surface area contributed by atoms with Crippen LogP contribution in [0.25, 0.3) is 11.3 Å². The van der Waals surface area contributed by atoms with E-state index in [1.807, 2.05) is 13.8 Å². The van der Waals surface area contributed by atoms with E-state index in [1.54, 1.807) is 12.1 Å². The standard InChI is InChI=1S/C13H16N4O3/c1-7(2)11-12(15-16-13(11)14)8-4-5-9(17(18)19)10(6-8)20-3/h4-7H,1-3H3,(H3,14,15,16). The van der Waals surface area contributed by atoms with Crippen molar-refractivity contribution in [1.82, 2.24) is 10.2 Å². The van der Waals surface area contributed by atoms with E-state index in [4.69, 9.17) is 10.5 Å². The van der Waals surface area contributed by atoms with Gasteiger partial charge in [0.2, 0.25) is 0 Å². The largest absolute Gasteiger partial charge is 0.490 e. The first-order valence-corrected chi connectivity index (χ1v) is 6.12. The Labute approximate surface area is 115 Å². The summed E-state index contributed by atoms with van der Waals surface area (Å²) in [5.74, 6) is 0.827. The summed E-state index contributed by atoms with van der Waals surface area (Å²) in [6.45, 7) is 4.01. The second-order valence-corrected chi connectivity index (χ2v) is 4.70. The molecule has 0 bridgehead atoms. The zero-order chi connectivity index (χ0) is 14.9. The molecule has 0 saturated carbocycles. The molecule has 7 nitrogen and oxygen atoms in total. The molecule has 2 aromatic rings. The number of nitrogens with one attached hydrogen (secondary N) is 1. The lowest BCUT2D eigenvalue weighted by atomic mass is 9.98. The number of nitrogens with zero attached hydrogens (tertiary/aromatic N) is 2. The molecule has 1 aromatic carbocycles. The fraction of sp³-hybridized carbons (Fsp3) is 0.308. The van der Waals surface area contributed by atoms with Gasteiger partial charge in [-0.3, -0.25) is 15.2 Å². The molecule has 1 aromatic heterocycles. The number of ether oxygens (including phenoxy) is 1. The Hall–Kier alpha value is -2.57. The van der Waals surface area contributed by atoms with E-state index in [-0.39, 0.29) is 17.4 Å². The van der Waals surface area contributed by atoms with Crippen LogP contribution >= 0.6 is 0 Å². The Morgan fingerprint density at radius 1 is 1.45 bits per heavy atom. The van der Waals surface area contributed by atoms with Crippen LogP contribution in [0.4, 0.5) is 11.5 Å². The maximum atomic E-state index is 10.9. The number of nitrogens with two attached hydrogens (primary N) is 1. The number of methoxy groups -OCH3 is 1. The monoisotopic (exact) mass is 276 g/mol. The van der Waals surface area contributed by atoms with Crippen LogP contribution in [-0.2, 0) is 0 Å². The van der Waals surface area contributed by atoms with Crippen LogP contribution in [0.5, 0.6) is 5.75 Å². The lowest BCUT2D eigenvalue weighted by Gasteiger charge is -2.09. The highest BCUT2D eigenvalue weighted by molar-refractivity contribution is 5.72. The molecule has 0 aliphatic carbocycles. The number of aromatic nitrogens is 2. The molecule has 2 rings (SSSR count). The zero-order valence-corrected chi connectivity index (χ0v) is 11.5. The topological polar surface area (TPSA) is 107 Å². The number of anilines is 1. The summed E-state index contributed by atoms with van der Waals surface area (Å²) in [7, 11) is 1.40. The SMILES string of the molecule is COc1cc(-c2[nH]nc(N)c2C(C)C)ccc1[N+](=O)[O-]. The van der Waals surface area contributed by atoms with E-state index >= 15 is 0 Å². The fourth-order valence-electron chi connectivity index (χ4n) is 2.15. The summed E-state index contributed by atoms with van der Waals surface area (Å²) >= 11 is 0. The highest BCUT2D eigenvalue weighted by atomic mass is 16.6. The number of benzene rings is 1. The number of hydrogen-bond donors (Lipinski definition) is 2. The predicted molar refractivity (Wildman–Crippen MR) is 75.7 cm³/mol. The normalized spacial score (nSPS) is 10.8. The molecule has 3 N–H and O–H groups in total. The van der Waals surface area contributed by atoms with Crippen LogP contribution < -0.4 is 10.5 Å². The van der Waals surface area contributed by atoms with Gasteiger partial charge in [0, 0.05) is 17.2 Å². The van der Waals surface area contributed by atoms with Gasteiger partial charge in [-0.15, -0.1) is 0 Å². The lowest BCUT2D eigenvalue weighted by molar-refractivity contribution is -0.385. The van der Waals surface area contributed by atoms with Crippen molar-refractivity contribution in [2.75, 3.05) is 12.8 Å².